The summed E-state index contributed by atoms with van der Waals surface area (Å²) in [5.74, 6) is -1.16. The van der Waals surface area contributed by atoms with Crippen molar-refractivity contribution in [2.75, 3.05) is 5.32 Å². The maximum atomic E-state index is 11.4. The van der Waals surface area contributed by atoms with Gasteiger partial charge < -0.3 is 10.4 Å². The van der Waals surface area contributed by atoms with Gasteiger partial charge in [-0.2, -0.15) is 8.42 Å². The molecule has 0 spiro atoms. The normalized spacial score (nSPS) is 16.5. The molecule has 78 valence electrons. The van der Waals surface area contributed by atoms with Crippen molar-refractivity contribution >= 4 is 28.1 Å². The van der Waals surface area contributed by atoms with E-state index in [-0.39, 0.29) is 16.3 Å². The molecule has 2 N–H and O–H groups in total. The molecular weight excluding hydrogens is 222 g/mol. The van der Waals surface area contributed by atoms with Crippen LogP contribution in [-0.2, 0) is 10.0 Å². The van der Waals surface area contributed by atoms with E-state index in [1.807, 2.05) is 0 Å². The van der Waals surface area contributed by atoms with Crippen LogP contribution in [0.1, 0.15) is 10.4 Å². The second kappa shape index (κ2) is 3.02. The van der Waals surface area contributed by atoms with Gasteiger partial charge in [0.05, 0.1) is 5.56 Å². The molecule has 1 aromatic heterocycles. The number of anilines is 1. The summed E-state index contributed by atoms with van der Waals surface area (Å²) in [6.45, 7) is 0. The minimum absolute atomic E-state index is 0.0787. The number of sulfonamides is 1. The van der Waals surface area contributed by atoms with E-state index in [0.717, 1.165) is 18.6 Å². The molecule has 0 fully saturated rings. The molecule has 0 radical (unpaired) electrons. The molecule has 15 heavy (non-hydrogen) atoms. The zero-order valence-electron chi connectivity index (χ0n) is 7.21. The first-order chi connectivity index (χ1) is 7.00. The topological polar surface area (TPSA) is 109 Å². The minimum Gasteiger partial charge on any atom is -0.478 e. The van der Waals surface area contributed by atoms with Crippen molar-refractivity contribution < 1.29 is 18.3 Å². The molecule has 7 nitrogen and oxygen atoms in total. The Morgan fingerprint density at radius 3 is 2.87 bits per heavy atom. The van der Waals surface area contributed by atoms with Gasteiger partial charge in [0, 0.05) is 6.20 Å². The lowest BCUT2D eigenvalue weighted by atomic mass is 10.3. The molecule has 0 unspecified atom stereocenters. The predicted octanol–water partition coefficient (Wildman–Crippen LogP) is -0.0777. The SMILES string of the molecule is O=C(O)c1cnc2c(c1)S(=O)(=O)N=CN2. The number of carbonyl (C=O) groups is 1. The summed E-state index contributed by atoms with van der Waals surface area (Å²) < 4.78 is 26.0. The Morgan fingerprint density at radius 1 is 1.47 bits per heavy atom. The maximum Gasteiger partial charge on any atom is 0.337 e. The fourth-order valence-corrected chi connectivity index (χ4v) is 2.02. The van der Waals surface area contributed by atoms with E-state index in [2.05, 4.69) is 14.7 Å². The van der Waals surface area contributed by atoms with Crippen LogP contribution < -0.4 is 5.32 Å². The van der Waals surface area contributed by atoms with Crippen molar-refractivity contribution in [1.29, 1.82) is 0 Å². The standard InChI is InChI=1S/C7H5N3O4S/c11-7(12)4-1-5-6(8-2-4)9-3-10-15(5,13)14/h1-3H,(H,11,12)(H,8,9,10). The third-order valence-corrected chi connectivity index (χ3v) is 3.02. The van der Waals surface area contributed by atoms with Gasteiger partial charge in [-0.25, -0.2) is 9.78 Å². The zero-order chi connectivity index (χ0) is 11.1. The third kappa shape index (κ3) is 1.54. The summed E-state index contributed by atoms with van der Waals surface area (Å²) in [5.41, 5.74) is -0.198. The predicted molar refractivity (Wildman–Crippen MR) is 50.5 cm³/mol. The maximum absolute atomic E-state index is 11.4. The van der Waals surface area contributed by atoms with Crippen LogP contribution in [0.4, 0.5) is 5.82 Å². The van der Waals surface area contributed by atoms with Gasteiger partial charge in [-0.05, 0) is 6.07 Å². The van der Waals surface area contributed by atoms with E-state index in [1.54, 1.807) is 0 Å². The number of carboxylic acids is 1. The molecule has 1 aliphatic rings. The van der Waals surface area contributed by atoms with Crippen molar-refractivity contribution in [2.24, 2.45) is 4.40 Å². The number of pyridine rings is 1. The first-order valence-corrected chi connectivity index (χ1v) is 5.23. The first-order valence-electron chi connectivity index (χ1n) is 3.79. The molecule has 0 bridgehead atoms. The molecule has 0 amide bonds. The van der Waals surface area contributed by atoms with E-state index in [9.17, 15) is 13.2 Å². The summed E-state index contributed by atoms with van der Waals surface area (Å²) in [6.07, 6.45) is 2.06. The second-order valence-corrected chi connectivity index (χ2v) is 4.33. The third-order valence-electron chi connectivity index (χ3n) is 1.77. The lowest BCUT2D eigenvalue weighted by molar-refractivity contribution is 0.0696. The summed E-state index contributed by atoms with van der Waals surface area (Å²) in [7, 11) is -3.82. The number of nitrogens with zero attached hydrogens (tertiary/aromatic N) is 2. The van der Waals surface area contributed by atoms with E-state index in [0.29, 0.717) is 0 Å². The van der Waals surface area contributed by atoms with Gasteiger partial charge in [-0.1, -0.05) is 0 Å². The van der Waals surface area contributed by atoms with Crippen molar-refractivity contribution in [3.8, 4) is 0 Å². The Bertz CT molecular complexity index is 564. The summed E-state index contributed by atoms with van der Waals surface area (Å²) in [6, 6.07) is 1.02. The minimum atomic E-state index is -3.82. The summed E-state index contributed by atoms with van der Waals surface area (Å²) in [4.78, 5) is 14.0. The fourth-order valence-electron chi connectivity index (χ4n) is 1.08. The van der Waals surface area contributed by atoms with Gasteiger partial charge in [-0.15, -0.1) is 4.40 Å². The summed E-state index contributed by atoms with van der Waals surface area (Å²) >= 11 is 0. The quantitative estimate of drug-likeness (QED) is 0.694. The lowest BCUT2D eigenvalue weighted by Crippen LogP contribution is -2.14. The number of nitrogens with one attached hydrogen (secondary N) is 1. The van der Waals surface area contributed by atoms with E-state index < -0.39 is 16.0 Å². The molecule has 0 saturated carbocycles. The van der Waals surface area contributed by atoms with Crippen LogP contribution in [-0.4, -0.2) is 30.8 Å². The Balaban J connectivity index is 2.68. The Morgan fingerprint density at radius 2 is 2.20 bits per heavy atom. The zero-order valence-corrected chi connectivity index (χ0v) is 8.02. The van der Waals surface area contributed by atoms with Gasteiger partial charge in [0.2, 0.25) is 0 Å². The molecule has 0 aromatic carbocycles. The van der Waals surface area contributed by atoms with Crippen LogP contribution in [0, 0.1) is 0 Å². The van der Waals surface area contributed by atoms with Crippen molar-refractivity contribution in [2.45, 2.75) is 4.90 Å². The van der Waals surface area contributed by atoms with Crippen LogP contribution in [0.15, 0.2) is 21.6 Å². The lowest BCUT2D eigenvalue weighted by Gasteiger charge is -2.10. The first kappa shape index (κ1) is 9.59. The monoisotopic (exact) mass is 227 g/mol. The number of rotatable bonds is 1. The van der Waals surface area contributed by atoms with Gasteiger partial charge in [0.1, 0.15) is 11.2 Å². The van der Waals surface area contributed by atoms with Gasteiger partial charge in [0.15, 0.2) is 5.82 Å². The average molecular weight is 227 g/mol. The van der Waals surface area contributed by atoms with Crippen LogP contribution >= 0.6 is 0 Å². The second-order valence-electron chi connectivity index (χ2n) is 2.73. The molecule has 2 rings (SSSR count). The van der Waals surface area contributed by atoms with E-state index in [4.69, 9.17) is 5.11 Å². The number of fused-ring (bicyclic) bond motifs is 1. The molecule has 2 heterocycles. The molecule has 1 aliphatic heterocycles. The van der Waals surface area contributed by atoms with Gasteiger partial charge >= 0.3 is 5.97 Å². The van der Waals surface area contributed by atoms with Crippen LogP contribution in [0.5, 0.6) is 0 Å². The molecular formula is C7H5N3O4S. The number of aromatic nitrogens is 1. The van der Waals surface area contributed by atoms with Crippen molar-refractivity contribution in [3.05, 3.63) is 17.8 Å². The van der Waals surface area contributed by atoms with Gasteiger partial charge in [-0.3, -0.25) is 0 Å². The van der Waals surface area contributed by atoms with Crippen LogP contribution in [0.25, 0.3) is 0 Å². The highest BCUT2D eigenvalue weighted by Gasteiger charge is 2.23. The molecule has 8 heteroatoms. The summed E-state index contributed by atoms with van der Waals surface area (Å²) in [5, 5.41) is 11.2. The highest BCUT2D eigenvalue weighted by atomic mass is 32.2. The van der Waals surface area contributed by atoms with Crippen LogP contribution in [0.2, 0.25) is 0 Å². The number of aromatic carboxylic acids is 1. The van der Waals surface area contributed by atoms with Crippen molar-refractivity contribution in [3.63, 3.8) is 0 Å². The largest absolute Gasteiger partial charge is 0.478 e. The highest BCUT2D eigenvalue weighted by molar-refractivity contribution is 7.90. The van der Waals surface area contributed by atoms with Crippen LogP contribution in [0.3, 0.4) is 0 Å². The number of carboxylic acid groups (broad SMARTS) is 1. The molecule has 0 saturated heterocycles. The molecule has 0 atom stereocenters. The average Bonchev–Trinajstić information content (AvgIpc) is 2.17. The van der Waals surface area contributed by atoms with E-state index >= 15 is 0 Å². The smallest absolute Gasteiger partial charge is 0.337 e. The van der Waals surface area contributed by atoms with Crippen molar-refractivity contribution in [1.82, 2.24) is 4.98 Å². The Labute approximate surface area is 84.5 Å². The van der Waals surface area contributed by atoms with E-state index in [1.165, 1.54) is 0 Å². The fraction of sp³-hybridized carbons (Fsp3) is 0. The molecule has 0 aliphatic carbocycles. The number of hydrogen-bond donors (Lipinski definition) is 2. The Kier molecular flexibility index (Phi) is 1.93. The molecule has 1 aromatic rings. The Hall–Kier alpha value is -1.96. The van der Waals surface area contributed by atoms with Gasteiger partial charge in [0.25, 0.3) is 10.0 Å². The highest BCUT2D eigenvalue weighted by Crippen LogP contribution is 2.24. The number of hydrogen-bond acceptors (Lipinski definition) is 5.